The fourth-order valence-electron chi connectivity index (χ4n) is 2.36. The van der Waals surface area contributed by atoms with Crippen LogP contribution in [0.25, 0.3) is 0 Å². The van der Waals surface area contributed by atoms with Crippen LogP contribution < -0.4 is 10.0 Å². The van der Waals surface area contributed by atoms with Crippen molar-refractivity contribution in [3.8, 4) is 0 Å². The van der Waals surface area contributed by atoms with Crippen molar-refractivity contribution in [2.24, 2.45) is 0 Å². The molecule has 3 aromatic rings. The molecule has 146 valence electrons. The van der Waals surface area contributed by atoms with Crippen molar-refractivity contribution < 1.29 is 22.0 Å². The van der Waals surface area contributed by atoms with Crippen molar-refractivity contribution >= 4 is 48.9 Å². The van der Waals surface area contributed by atoms with Crippen LogP contribution in [0, 0.1) is 11.6 Å². The smallest absolute Gasteiger partial charge is 0.251 e. The highest BCUT2D eigenvalue weighted by Gasteiger charge is 2.28. The molecule has 1 unspecified atom stereocenters. The van der Waals surface area contributed by atoms with Crippen LogP contribution in [0.3, 0.4) is 0 Å². The van der Waals surface area contributed by atoms with Crippen molar-refractivity contribution in [1.29, 1.82) is 0 Å². The first-order valence-electron chi connectivity index (χ1n) is 7.85. The molecule has 10 heteroatoms. The standard InChI is InChI=1S/C18H13BrF2N2O3S2/c19-15-8-9-16(27-15)28(25,26)23-17(11-4-2-1-3-5-11)18(24)22-12-6-7-13(20)14(21)10-12/h1-10,17,23H,(H,22,24). The lowest BCUT2D eigenvalue weighted by Gasteiger charge is -2.18. The van der Waals surface area contributed by atoms with E-state index in [1.165, 1.54) is 12.1 Å². The van der Waals surface area contributed by atoms with Crippen LogP contribution >= 0.6 is 27.3 Å². The first-order chi connectivity index (χ1) is 13.3. The average Bonchev–Trinajstić information content (AvgIpc) is 3.11. The molecule has 0 saturated carbocycles. The van der Waals surface area contributed by atoms with E-state index >= 15 is 0 Å². The van der Waals surface area contributed by atoms with E-state index in [2.05, 4.69) is 26.0 Å². The molecule has 28 heavy (non-hydrogen) atoms. The predicted octanol–water partition coefficient (Wildman–Crippen LogP) is 4.45. The average molecular weight is 487 g/mol. The van der Waals surface area contributed by atoms with Gasteiger partial charge >= 0.3 is 0 Å². The molecular formula is C18H13BrF2N2O3S2. The van der Waals surface area contributed by atoms with E-state index in [0.717, 1.165) is 23.5 Å². The number of anilines is 1. The summed E-state index contributed by atoms with van der Waals surface area (Å²) < 4.78 is 54.9. The monoisotopic (exact) mass is 486 g/mol. The molecule has 2 aromatic carbocycles. The molecule has 2 N–H and O–H groups in total. The second-order valence-corrected chi connectivity index (χ2v) is 10.0. The molecule has 0 aliphatic carbocycles. The largest absolute Gasteiger partial charge is 0.324 e. The molecular weight excluding hydrogens is 474 g/mol. The highest BCUT2D eigenvalue weighted by Crippen LogP contribution is 2.28. The number of benzene rings is 2. The van der Waals surface area contributed by atoms with Crippen LogP contribution in [-0.4, -0.2) is 14.3 Å². The Balaban J connectivity index is 1.91. The zero-order valence-electron chi connectivity index (χ0n) is 14.0. The molecule has 0 aliphatic heterocycles. The van der Waals surface area contributed by atoms with Gasteiger partial charge in [0.15, 0.2) is 11.6 Å². The Morgan fingerprint density at radius 2 is 1.71 bits per heavy atom. The fraction of sp³-hybridized carbons (Fsp3) is 0.0556. The van der Waals surface area contributed by atoms with Gasteiger partial charge in [-0.2, -0.15) is 4.72 Å². The lowest BCUT2D eigenvalue weighted by molar-refractivity contribution is -0.117. The fourth-order valence-corrected chi connectivity index (χ4v) is 5.57. The van der Waals surface area contributed by atoms with Crippen molar-refractivity contribution in [2.75, 3.05) is 5.32 Å². The van der Waals surface area contributed by atoms with Crippen LogP contribution in [-0.2, 0) is 14.8 Å². The molecule has 1 amide bonds. The molecule has 0 radical (unpaired) electrons. The van der Waals surface area contributed by atoms with E-state index in [1.54, 1.807) is 36.4 Å². The molecule has 1 heterocycles. The number of carbonyl (C=O) groups is 1. The molecule has 3 rings (SSSR count). The quantitative estimate of drug-likeness (QED) is 0.540. The summed E-state index contributed by atoms with van der Waals surface area (Å²) in [4.78, 5) is 12.8. The number of hydrogen-bond donors (Lipinski definition) is 2. The summed E-state index contributed by atoms with van der Waals surface area (Å²) in [7, 11) is -4.00. The van der Waals surface area contributed by atoms with Gasteiger partial charge in [0.2, 0.25) is 5.91 Å². The highest BCUT2D eigenvalue weighted by molar-refractivity contribution is 9.11. The van der Waals surface area contributed by atoms with Crippen molar-refractivity contribution in [1.82, 2.24) is 4.72 Å². The first-order valence-corrected chi connectivity index (χ1v) is 10.9. The summed E-state index contributed by atoms with van der Waals surface area (Å²) in [5, 5.41) is 2.41. The van der Waals surface area contributed by atoms with Crippen molar-refractivity contribution in [3.63, 3.8) is 0 Å². The minimum Gasteiger partial charge on any atom is -0.324 e. The Kier molecular flexibility index (Phi) is 6.23. The van der Waals surface area contributed by atoms with Crippen LogP contribution in [0.1, 0.15) is 11.6 Å². The van der Waals surface area contributed by atoms with E-state index in [0.29, 0.717) is 9.35 Å². The van der Waals surface area contributed by atoms with Gasteiger partial charge in [0.1, 0.15) is 10.3 Å². The number of nitrogens with one attached hydrogen (secondary N) is 2. The summed E-state index contributed by atoms with van der Waals surface area (Å²) in [5.74, 6) is -2.92. The molecule has 0 aliphatic rings. The topological polar surface area (TPSA) is 75.3 Å². The van der Waals surface area contributed by atoms with E-state index in [4.69, 9.17) is 0 Å². The van der Waals surface area contributed by atoms with Gasteiger partial charge in [-0.15, -0.1) is 11.3 Å². The van der Waals surface area contributed by atoms with E-state index in [9.17, 15) is 22.0 Å². The third-order valence-corrected chi connectivity index (χ3v) is 7.21. The Bertz CT molecular complexity index is 1110. The van der Waals surface area contributed by atoms with Crippen molar-refractivity contribution in [3.05, 3.63) is 81.6 Å². The second kappa shape index (κ2) is 8.48. The zero-order chi connectivity index (χ0) is 20.3. The van der Waals surface area contributed by atoms with E-state index in [-0.39, 0.29) is 9.90 Å². The normalized spacial score (nSPS) is 12.5. The maximum atomic E-state index is 13.4. The van der Waals surface area contributed by atoms with Gasteiger partial charge in [-0.25, -0.2) is 17.2 Å². The molecule has 0 saturated heterocycles. The van der Waals surface area contributed by atoms with E-state index in [1.807, 2.05) is 0 Å². The molecule has 1 atom stereocenters. The number of sulfonamides is 1. The number of carbonyl (C=O) groups excluding carboxylic acids is 1. The summed E-state index contributed by atoms with van der Waals surface area (Å²) in [5.41, 5.74) is 0.393. The molecule has 0 fully saturated rings. The van der Waals surface area contributed by atoms with Gasteiger partial charge < -0.3 is 5.32 Å². The number of halogens is 3. The summed E-state index contributed by atoms with van der Waals surface area (Å²) in [6.07, 6.45) is 0. The lowest BCUT2D eigenvalue weighted by Crippen LogP contribution is -2.36. The minimum atomic E-state index is -4.00. The Labute approximate surface area is 172 Å². The summed E-state index contributed by atoms with van der Waals surface area (Å²) in [6, 6.07) is 12.8. The SMILES string of the molecule is O=C(Nc1ccc(F)c(F)c1)C(NS(=O)(=O)c1ccc(Br)s1)c1ccccc1. The maximum Gasteiger partial charge on any atom is 0.251 e. The van der Waals surface area contributed by atoms with E-state index < -0.39 is 33.6 Å². The van der Waals surface area contributed by atoms with Gasteiger partial charge in [-0.1, -0.05) is 30.3 Å². The molecule has 0 bridgehead atoms. The van der Waals surface area contributed by atoms with Gasteiger partial charge in [-0.05, 0) is 45.8 Å². The van der Waals surface area contributed by atoms with Crippen LogP contribution in [0.15, 0.2) is 68.7 Å². The number of thiophene rings is 1. The van der Waals surface area contributed by atoms with Crippen LogP contribution in [0.4, 0.5) is 14.5 Å². The number of amides is 1. The second-order valence-electron chi connectivity index (χ2n) is 5.64. The van der Waals surface area contributed by atoms with Gasteiger partial charge in [0.05, 0.1) is 3.79 Å². The van der Waals surface area contributed by atoms with Gasteiger partial charge in [-0.3, -0.25) is 4.79 Å². The Hall–Kier alpha value is -2.14. The number of hydrogen-bond acceptors (Lipinski definition) is 4. The summed E-state index contributed by atoms with van der Waals surface area (Å²) >= 11 is 4.20. The Morgan fingerprint density at radius 1 is 1.00 bits per heavy atom. The third kappa shape index (κ3) is 4.82. The minimum absolute atomic E-state index is 0.00268. The van der Waals surface area contributed by atoms with Gasteiger partial charge in [0.25, 0.3) is 10.0 Å². The first kappa shape index (κ1) is 20.6. The van der Waals surface area contributed by atoms with Crippen molar-refractivity contribution in [2.45, 2.75) is 10.3 Å². The van der Waals surface area contributed by atoms with Gasteiger partial charge in [0, 0.05) is 11.8 Å². The third-order valence-electron chi connectivity index (χ3n) is 3.67. The Morgan fingerprint density at radius 3 is 2.32 bits per heavy atom. The summed E-state index contributed by atoms with van der Waals surface area (Å²) in [6.45, 7) is 0. The molecule has 5 nitrogen and oxygen atoms in total. The highest BCUT2D eigenvalue weighted by atomic mass is 79.9. The lowest BCUT2D eigenvalue weighted by atomic mass is 10.1. The van der Waals surface area contributed by atoms with Crippen LogP contribution in [0.2, 0.25) is 0 Å². The predicted molar refractivity (Wildman–Crippen MR) is 107 cm³/mol. The molecule has 1 aromatic heterocycles. The number of rotatable bonds is 6. The zero-order valence-corrected chi connectivity index (χ0v) is 17.2. The molecule has 0 spiro atoms. The van der Waals surface area contributed by atoms with Crippen LogP contribution in [0.5, 0.6) is 0 Å². The maximum absolute atomic E-state index is 13.4.